The third kappa shape index (κ3) is 4.91. The third-order valence-corrected chi connectivity index (χ3v) is 7.65. The summed E-state index contributed by atoms with van der Waals surface area (Å²) in [7, 11) is -4.38. The monoisotopic (exact) mass is 533 g/mol. The molecule has 1 aliphatic heterocycles. The quantitative estimate of drug-likeness (QED) is 0.479. The number of hydrogen-bond acceptors (Lipinski definition) is 7. The smallest absolute Gasteiger partial charge is 0.436 e. The van der Waals surface area contributed by atoms with Crippen LogP contribution in [0.25, 0.3) is 0 Å². The van der Waals surface area contributed by atoms with E-state index in [1.165, 1.54) is 12.1 Å². The number of aromatic nitrogens is 2. The summed E-state index contributed by atoms with van der Waals surface area (Å²) in [6.07, 6.45) is -0.884. The number of halogens is 2. The minimum absolute atomic E-state index is 0.0252. The highest BCUT2D eigenvalue weighted by Gasteiger charge is 2.43. The van der Waals surface area contributed by atoms with Gasteiger partial charge in [0.2, 0.25) is 10.0 Å². The van der Waals surface area contributed by atoms with Crippen LogP contribution in [0.3, 0.4) is 0 Å². The number of rotatable bonds is 5. The molecule has 0 spiro atoms. The van der Waals surface area contributed by atoms with Crippen molar-refractivity contribution >= 4 is 33.5 Å². The molecule has 196 valence electrons. The first-order valence-electron chi connectivity index (χ1n) is 11.3. The van der Waals surface area contributed by atoms with Gasteiger partial charge in [0.1, 0.15) is 17.5 Å². The lowest BCUT2D eigenvalue weighted by Gasteiger charge is -2.36. The van der Waals surface area contributed by atoms with Crippen molar-refractivity contribution in [2.75, 3.05) is 24.2 Å². The number of nitrogens with two attached hydrogens (primary N) is 1. The van der Waals surface area contributed by atoms with E-state index in [0.29, 0.717) is 11.8 Å². The Bertz CT molecular complexity index is 1480. The van der Waals surface area contributed by atoms with Gasteiger partial charge in [-0.1, -0.05) is 26.0 Å². The molecule has 1 aromatic heterocycles. The molecule has 4 rings (SSSR count). The number of benzene rings is 2. The first kappa shape index (κ1) is 26.2. The van der Waals surface area contributed by atoms with E-state index < -0.39 is 44.0 Å². The van der Waals surface area contributed by atoms with Crippen molar-refractivity contribution in [3.63, 3.8) is 0 Å². The largest absolute Gasteiger partial charge is 0.448 e. The van der Waals surface area contributed by atoms with Gasteiger partial charge in [0.25, 0.3) is 5.91 Å². The van der Waals surface area contributed by atoms with Crippen LogP contribution in [0.4, 0.5) is 25.1 Å². The molecule has 0 atom stereocenters. The second kappa shape index (κ2) is 9.56. The number of fused-ring (bicyclic) bond motifs is 1. The van der Waals surface area contributed by atoms with Crippen LogP contribution in [0.5, 0.6) is 0 Å². The molecule has 0 unspecified atom stereocenters. The highest BCUT2D eigenvalue weighted by Crippen LogP contribution is 2.39. The average molecular weight is 534 g/mol. The Morgan fingerprint density at radius 2 is 1.81 bits per heavy atom. The molecule has 2 aromatic carbocycles. The van der Waals surface area contributed by atoms with Crippen LogP contribution < -0.4 is 11.1 Å². The van der Waals surface area contributed by atoms with Gasteiger partial charge >= 0.3 is 6.09 Å². The Kier molecular flexibility index (Phi) is 6.78. The fourth-order valence-corrected chi connectivity index (χ4v) is 5.83. The predicted molar refractivity (Wildman–Crippen MR) is 130 cm³/mol. The van der Waals surface area contributed by atoms with E-state index >= 15 is 0 Å². The van der Waals surface area contributed by atoms with Gasteiger partial charge in [0, 0.05) is 35.8 Å². The molecule has 10 nitrogen and oxygen atoms in total. The lowest BCUT2D eigenvalue weighted by molar-refractivity contribution is 0.102. The van der Waals surface area contributed by atoms with Crippen LogP contribution in [-0.4, -0.2) is 47.7 Å². The predicted octanol–water partition coefficient (Wildman–Crippen LogP) is 3.48. The molecule has 37 heavy (non-hydrogen) atoms. The summed E-state index contributed by atoms with van der Waals surface area (Å²) in [4.78, 5) is 25.3. The molecule has 0 bridgehead atoms. The Labute approximate surface area is 212 Å². The third-order valence-electron chi connectivity index (χ3n) is 5.88. The van der Waals surface area contributed by atoms with Gasteiger partial charge in [-0.2, -0.15) is 9.40 Å². The maximum absolute atomic E-state index is 13.8. The summed E-state index contributed by atoms with van der Waals surface area (Å²) >= 11 is 0. The van der Waals surface area contributed by atoms with E-state index in [-0.39, 0.29) is 42.3 Å². The minimum atomic E-state index is -4.38. The van der Waals surface area contributed by atoms with Crippen molar-refractivity contribution < 1.29 is 31.5 Å². The Hall–Kier alpha value is -3.84. The fraction of sp³-hybridized carbons (Fsp3) is 0.292. The number of hydrogen-bond donors (Lipinski definition) is 2. The van der Waals surface area contributed by atoms with Gasteiger partial charge < -0.3 is 15.8 Å². The lowest BCUT2D eigenvalue weighted by atomic mass is 9.84. The standard InChI is InChI=1S/C24H25F2N5O5S/c1-4-36-23(33)31-21(28-22(32)17-7-5-6-8-19(17)27)18-12-30(13-24(2,3)20(18)29-31)37(34,35)16-10-14(25)9-15(26)11-16/h5-11H,4,12-13,27H2,1-3H3,(H,28,32). The van der Waals surface area contributed by atoms with Gasteiger partial charge in [0.15, 0.2) is 0 Å². The molecule has 0 radical (unpaired) electrons. The van der Waals surface area contributed by atoms with Gasteiger partial charge in [-0.05, 0) is 31.2 Å². The maximum Gasteiger partial charge on any atom is 0.436 e. The molecule has 0 saturated carbocycles. The molecule has 3 N–H and O–H groups in total. The molecule has 1 amide bonds. The summed E-state index contributed by atoms with van der Waals surface area (Å²) < 4.78 is 61.5. The highest BCUT2D eigenvalue weighted by atomic mass is 32.2. The SMILES string of the molecule is CCOC(=O)n1nc2c(c1NC(=O)c1ccccc1N)CN(S(=O)(=O)c1cc(F)cc(F)c1)CC2(C)C. The number of anilines is 2. The molecular weight excluding hydrogens is 508 g/mol. The van der Waals surface area contributed by atoms with Crippen molar-refractivity contribution in [3.05, 3.63) is 70.9 Å². The molecule has 13 heteroatoms. The number of nitrogens with zero attached hydrogens (tertiary/aromatic N) is 3. The number of nitrogen functional groups attached to an aromatic ring is 1. The Balaban J connectivity index is 1.83. The van der Waals surface area contributed by atoms with Gasteiger partial charge in [-0.25, -0.2) is 22.0 Å². The van der Waals surface area contributed by atoms with Crippen LogP contribution in [-0.2, 0) is 26.7 Å². The Morgan fingerprint density at radius 3 is 2.43 bits per heavy atom. The zero-order valence-electron chi connectivity index (χ0n) is 20.3. The molecule has 0 saturated heterocycles. The number of nitrogens with one attached hydrogen (secondary N) is 1. The first-order chi connectivity index (χ1) is 17.3. The summed E-state index contributed by atoms with van der Waals surface area (Å²) in [6, 6.07) is 8.30. The van der Waals surface area contributed by atoms with Gasteiger partial charge in [-0.3, -0.25) is 4.79 Å². The van der Waals surface area contributed by atoms with Crippen molar-refractivity contribution in [3.8, 4) is 0 Å². The van der Waals surface area contributed by atoms with E-state index in [4.69, 9.17) is 10.5 Å². The minimum Gasteiger partial charge on any atom is -0.448 e. The van der Waals surface area contributed by atoms with E-state index in [1.54, 1.807) is 32.9 Å². The normalized spacial score (nSPS) is 15.2. The van der Waals surface area contributed by atoms with Crippen LogP contribution >= 0.6 is 0 Å². The summed E-state index contributed by atoms with van der Waals surface area (Å²) in [6.45, 7) is 4.57. The number of carbonyl (C=O) groups excluding carboxylic acids is 2. The van der Waals surface area contributed by atoms with Gasteiger partial charge in [0.05, 0.1) is 22.8 Å². The van der Waals surface area contributed by atoms with Crippen LogP contribution in [0.15, 0.2) is 47.4 Å². The second-order valence-corrected chi connectivity index (χ2v) is 11.0. The number of ether oxygens (including phenoxy) is 1. The molecule has 0 aliphatic carbocycles. The number of amides is 1. The van der Waals surface area contributed by atoms with E-state index in [0.717, 1.165) is 21.1 Å². The summed E-state index contributed by atoms with van der Waals surface area (Å²) in [5.74, 6) is -2.84. The van der Waals surface area contributed by atoms with Crippen molar-refractivity contribution in [2.24, 2.45) is 0 Å². The fourth-order valence-electron chi connectivity index (χ4n) is 4.21. The van der Waals surface area contributed by atoms with Crippen molar-refractivity contribution in [1.29, 1.82) is 0 Å². The zero-order chi connectivity index (χ0) is 27.1. The van der Waals surface area contributed by atoms with E-state index in [9.17, 15) is 26.8 Å². The average Bonchev–Trinajstić information content (AvgIpc) is 3.18. The molecule has 0 fully saturated rings. The highest BCUT2D eigenvalue weighted by molar-refractivity contribution is 7.89. The Morgan fingerprint density at radius 1 is 1.16 bits per heavy atom. The number of sulfonamides is 1. The molecule has 1 aliphatic rings. The van der Waals surface area contributed by atoms with Crippen LogP contribution in [0.2, 0.25) is 0 Å². The number of carbonyl (C=O) groups is 2. The second-order valence-electron chi connectivity index (χ2n) is 9.09. The number of para-hydroxylation sites is 1. The topological polar surface area (TPSA) is 137 Å². The van der Waals surface area contributed by atoms with Crippen molar-refractivity contribution in [2.45, 2.75) is 37.6 Å². The zero-order valence-corrected chi connectivity index (χ0v) is 21.1. The van der Waals surface area contributed by atoms with E-state index in [2.05, 4.69) is 10.4 Å². The summed E-state index contributed by atoms with van der Waals surface area (Å²) in [5, 5.41) is 6.99. The molecule has 3 aromatic rings. The lowest BCUT2D eigenvalue weighted by Crippen LogP contribution is -2.45. The first-order valence-corrected chi connectivity index (χ1v) is 12.7. The van der Waals surface area contributed by atoms with Crippen LogP contribution in [0.1, 0.15) is 42.4 Å². The summed E-state index contributed by atoms with van der Waals surface area (Å²) in [5.41, 5.74) is 5.86. The van der Waals surface area contributed by atoms with Crippen LogP contribution in [0, 0.1) is 11.6 Å². The van der Waals surface area contributed by atoms with E-state index in [1.807, 2.05) is 0 Å². The van der Waals surface area contributed by atoms with Crippen molar-refractivity contribution in [1.82, 2.24) is 14.1 Å². The maximum atomic E-state index is 13.8. The van der Waals surface area contributed by atoms with Gasteiger partial charge in [-0.15, -0.1) is 4.68 Å². The molecule has 2 heterocycles. The molecular formula is C24H25F2N5O5S.